The Morgan fingerprint density at radius 3 is 2.57 bits per heavy atom. The van der Waals surface area contributed by atoms with E-state index in [0.717, 1.165) is 0 Å². The Morgan fingerprint density at radius 2 is 2.00 bits per heavy atom. The molecule has 14 heavy (non-hydrogen) atoms. The molecule has 0 bridgehead atoms. The molecule has 0 aromatic heterocycles. The van der Waals surface area contributed by atoms with Gasteiger partial charge in [0.05, 0.1) is 5.56 Å². The molecule has 1 heterocycles. The first-order valence-corrected chi connectivity index (χ1v) is 5.32. The first-order valence-electron chi connectivity index (χ1n) is 3.88. The molecule has 1 aromatic rings. The van der Waals surface area contributed by atoms with Crippen LogP contribution in [-0.2, 0) is 10.0 Å². The van der Waals surface area contributed by atoms with Crippen LogP contribution in [0.4, 0.5) is 5.69 Å². The smallest absolute Gasteiger partial charge is 0.270 e. The van der Waals surface area contributed by atoms with Crippen LogP contribution in [0.3, 0.4) is 0 Å². The van der Waals surface area contributed by atoms with Crippen molar-refractivity contribution in [2.24, 2.45) is 0 Å². The zero-order valence-electron chi connectivity index (χ0n) is 7.39. The lowest BCUT2D eigenvalue weighted by atomic mass is 10.2. The van der Waals surface area contributed by atoms with Gasteiger partial charge in [-0.25, -0.2) is 12.7 Å². The molecule has 5 nitrogen and oxygen atoms in total. The molecule has 0 fully saturated rings. The second-order valence-electron chi connectivity index (χ2n) is 3.00. The number of nitrogens with zero attached hydrogens (tertiary/aromatic N) is 1. The average molecular weight is 212 g/mol. The molecule has 1 aromatic carbocycles. The molecular formula is C8H8N2O3S. The van der Waals surface area contributed by atoms with Gasteiger partial charge in [-0.15, -0.1) is 0 Å². The van der Waals surface area contributed by atoms with Crippen LogP contribution >= 0.6 is 0 Å². The van der Waals surface area contributed by atoms with E-state index >= 15 is 0 Å². The Hall–Kier alpha value is -1.56. The van der Waals surface area contributed by atoms with E-state index in [4.69, 9.17) is 5.73 Å². The number of sulfonamides is 1. The lowest BCUT2D eigenvalue weighted by Gasteiger charge is -2.05. The topological polar surface area (TPSA) is 80.5 Å². The largest absolute Gasteiger partial charge is 0.398 e. The lowest BCUT2D eigenvalue weighted by Crippen LogP contribution is -2.25. The van der Waals surface area contributed by atoms with Crippen LogP contribution in [0.25, 0.3) is 0 Å². The molecule has 0 spiro atoms. The van der Waals surface area contributed by atoms with Crippen LogP contribution in [0.15, 0.2) is 23.1 Å². The molecule has 74 valence electrons. The maximum atomic E-state index is 11.6. The lowest BCUT2D eigenvalue weighted by molar-refractivity contribution is 0.0892. The summed E-state index contributed by atoms with van der Waals surface area (Å²) in [6.45, 7) is 0. The van der Waals surface area contributed by atoms with Gasteiger partial charge >= 0.3 is 0 Å². The summed E-state index contributed by atoms with van der Waals surface area (Å²) in [6.07, 6.45) is 0. The number of carbonyl (C=O) groups is 1. The van der Waals surface area contributed by atoms with Crippen LogP contribution in [0.1, 0.15) is 10.4 Å². The van der Waals surface area contributed by atoms with Crippen LogP contribution in [-0.4, -0.2) is 25.7 Å². The highest BCUT2D eigenvalue weighted by atomic mass is 32.2. The summed E-state index contributed by atoms with van der Waals surface area (Å²) >= 11 is 0. The Kier molecular flexibility index (Phi) is 1.59. The molecule has 1 amide bonds. The number of anilines is 1. The first-order chi connectivity index (χ1) is 6.46. The van der Waals surface area contributed by atoms with Crippen LogP contribution in [0.2, 0.25) is 0 Å². The molecule has 0 atom stereocenters. The minimum atomic E-state index is -3.65. The fraction of sp³-hybridized carbons (Fsp3) is 0.125. The molecule has 0 saturated heterocycles. The number of benzene rings is 1. The summed E-state index contributed by atoms with van der Waals surface area (Å²) in [7, 11) is -2.43. The molecule has 1 aliphatic rings. The number of rotatable bonds is 0. The van der Waals surface area contributed by atoms with Gasteiger partial charge < -0.3 is 5.73 Å². The average Bonchev–Trinajstić information content (AvgIpc) is 2.30. The zero-order valence-corrected chi connectivity index (χ0v) is 8.21. The standard InChI is InChI=1S/C8H8N2O3S/c1-10-8(11)7-5(9)3-2-4-6(7)14(10,12)13/h2-4H,9H2,1H3. The number of fused-ring (bicyclic) bond motifs is 1. The minimum Gasteiger partial charge on any atom is -0.398 e. The van der Waals surface area contributed by atoms with Crippen LogP contribution in [0, 0.1) is 0 Å². The van der Waals surface area contributed by atoms with Gasteiger partial charge in [0.2, 0.25) is 0 Å². The number of nitrogens with two attached hydrogens (primary N) is 1. The van der Waals surface area contributed by atoms with Crippen molar-refractivity contribution in [3.8, 4) is 0 Å². The van der Waals surface area contributed by atoms with Crippen molar-refractivity contribution < 1.29 is 13.2 Å². The third-order valence-corrected chi connectivity index (χ3v) is 3.98. The van der Waals surface area contributed by atoms with E-state index in [1.54, 1.807) is 0 Å². The van der Waals surface area contributed by atoms with Crippen molar-refractivity contribution in [3.05, 3.63) is 23.8 Å². The predicted molar refractivity (Wildman–Crippen MR) is 50.1 cm³/mol. The number of carbonyl (C=O) groups excluding carboxylic acids is 1. The van der Waals surface area contributed by atoms with E-state index < -0.39 is 15.9 Å². The van der Waals surface area contributed by atoms with E-state index in [0.29, 0.717) is 4.31 Å². The monoisotopic (exact) mass is 212 g/mol. The summed E-state index contributed by atoms with van der Waals surface area (Å²) in [6, 6.07) is 4.39. The Morgan fingerprint density at radius 1 is 1.36 bits per heavy atom. The highest BCUT2D eigenvalue weighted by Crippen LogP contribution is 2.32. The molecular weight excluding hydrogens is 204 g/mol. The van der Waals surface area contributed by atoms with Crippen molar-refractivity contribution in [3.63, 3.8) is 0 Å². The summed E-state index contributed by atoms with van der Waals surface area (Å²) in [5, 5.41) is 0. The Balaban J connectivity index is 2.88. The fourth-order valence-electron chi connectivity index (χ4n) is 1.41. The van der Waals surface area contributed by atoms with E-state index in [1.807, 2.05) is 0 Å². The van der Waals surface area contributed by atoms with Crippen molar-refractivity contribution >= 4 is 21.6 Å². The number of nitrogen functional groups attached to an aromatic ring is 1. The highest BCUT2D eigenvalue weighted by molar-refractivity contribution is 7.90. The van der Waals surface area contributed by atoms with Gasteiger partial charge in [-0.05, 0) is 12.1 Å². The SMILES string of the molecule is CN1C(=O)c2c(N)cccc2S1(=O)=O. The molecule has 0 radical (unpaired) electrons. The van der Waals surface area contributed by atoms with Crippen molar-refractivity contribution in [2.45, 2.75) is 4.90 Å². The molecule has 0 aliphatic carbocycles. The van der Waals surface area contributed by atoms with E-state index in [-0.39, 0.29) is 16.1 Å². The van der Waals surface area contributed by atoms with Gasteiger partial charge in [-0.3, -0.25) is 4.79 Å². The molecule has 0 saturated carbocycles. The second-order valence-corrected chi connectivity index (χ2v) is 4.94. The van der Waals surface area contributed by atoms with Gasteiger partial charge in [-0.2, -0.15) is 0 Å². The van der Waals surface area contributed by atoms with Gasteiger partial charge in [0, 0.05) is 12.7 Å². The molecule has 0 unspecified atom stereocenters. The molecule has 6 heteroatoms. The molecule has 2 N–H and O–H groups in total. The Bertz CT molecular complexity index is 521. The Labute approximate surface area is 81.2 Å². The second kappa shape index (κ2) is 2.48. The van der Waals surface area contributed by atoms with Crippen molar-refractivity contribution in [2.75, 3.05) is 12.8 Å². The van der Waals surface area contributed by atoms with E-state index in [1.165, 1.54) is 25.2 Å². The van der Waals surface area contributed by atoms with Crippen molar-refractivity contribution in [1.29, 1.82) is 0 Å². The van der Waals surface area contributed by atoms with Gasteiger partial charge in [0.15, 0.2) is 0 Å². The van der Waals surface area contributed by atoms with Crippen LogP contribution in [0.5, 0.6) is 0 Å². The number of hydrogen-bond donors (Lipinski definition) is 1. The van der Waals surface area contributed by atoms with E-state index in [9.17, 15) is 13.2 Å². The van der Waals surface area contributed by atoms with Gasteiger partial charge in [0.25, 0.3) is 15.9 Å². The number of hydrogen-bond acceptors (Lipinski definition) is 4. The summed E-state index contributed by atoms with van der Waals surface area (Å²) < 4.78 is 23.9. The third kappa shape index (κ3) is 0.884. The first kappa shape index (κ1) is 9.01. The quantitative estimate of drug-likeness (QED) is 0.616. The van der Waals surface area contributed by atoms with Gasteiger partial charge in [-0.1, -0.05) is 6.07 Å². The summed E-state index contributed by atoms with van der Waals surface area (Å²) in [5.74, 6) is -0.571. The van der Waals surface area contributed by atoms with Gasteiger partial charge in [0.1, 0.15) is 4.90 Å². The maximum absolute atomic E-state index is 11.6. The zero-order chi connectivity index (χ0) is 10.5. The highest BCUT2D eigenvalue weighted by Gasteiger charge is 2.39. The maximum Gasteiger partial charge on any atom is 0.270 e. The summed E-state index contributed by atoms with van der Waals surface area (Å²) in [5.41, 5.74) is 5.81. The predicted octanol–water partition coefficient (Wildman–Crippen LogP) is 0.0431. The van der Waals surface area contributed by atoms with Crippen molar-refractivity contribution in [1.82, 2.24) is 4.31 Å². The third-order valence-electron chi connectivity index (χ3n) is 2.20. The minimum absolute atomic E-state index is 0.00926. The van der Waals surface area contributed by atoms with E-state index in [2.05, 4.69) is 0 Å². The number of amides is 1. The molecule has 2 rings (SSSR count). The van der Waals surface area contributed by atoms with Crippen LogP contribution < -0.4 is 5.73 Å². The fourth-order valence-corrected chi connectivity index (χ4v) is 2.72. The molecule has 1 aliphatic heterocycles. The normalized spacial score (nSPS) is 18.4. The summed E-state index contributed by atoms with van der Waals surface area (Å²) in [4.78, 5) is 11.5.